The number of carbonyl (C=O) groups excluding carboxylic acids is 2. The van der Waals surface area contributed by atoms with Crippen molar-refractivity contribution in [2.45, 2.75) is 57.1 Å². The van der Waals surface area contributed by atoms with E-state index in [2.05, 4.69) is 16.3 Å². The molecule has 2 N–H and O–H groups in total. The fourth-order valence-electron chi connectivity index (χ4n) is 7.53. The van der Waals surface area contributed by atoms with E-state index in [9.17, 15) is 19.5 Å². The molecule has 1 aromatic heterocycles. The van der Waals surface area contributed by atoms with Gasteiger partial charge in [0, 0.05) is 41.9 Å². The van der Waals surface area contributed by atoms with Crippen LogP contribution in [0.4, 0.5) is 0 Å². The number of ether oxygens (including phenoxy) is 2. The standard InChI is InChI=1S/C47H37Cl2N3O6S/c48-39-16-7-30(18-40(39)49)27-57-37-14-12-33(13-15-37)45-43(53)22-35-20-34-21-42(52(26-38-2-1-17-59-38)25-36(34)23-44(35)58-45)46(54)51-41(47(55)56)19-28-3-8-31(9-4-28)32-10-5-29(24-50)6-11-32/h1-18,20,23,41-42,45H,19,21-22,25-27H2,(H,51,54)(H,55,56)/t41-,42-,45?/m0/s1. The lowest BCUT2D eigenvalue weighted by atomic mass is 9.88. The van der Waals surface area contributed by atoms with E-state index >= 15 is 0 Å². The molecule has 1 amide bonds. The highest BCUT2D eigenvalue weighted by atomic mass is 35.5. The minimum absolute atomic E-state index is 0.0828. The molecule has 296 valence electrons. The smallest absolute Gasteiger partial charge is 0.326 e. The molecule has 3 atom stereocenters. The summed E-state index contributed by atoms with van der Waals surface area (Å²) in [6.07, 6.45) is -0.170. The number of carboxylic acids is 1. The Balaban J connectivity index is 0.962. The molecule has 12 heteroatoms. The summed E-state index contributed by atoms with van der Waals surface area (Å²) < 4.78 is 12.3. The van der Waals surface area contributed by atoms with Crippen molar-refractivity contribution < 1.29 is 29.0 Å². The van der Waals surface area contributed by atoms with Crippen molar-refractivity contribution in [1.82, 2.24) is 10.2 Å². The minimum atomic E-state index is -1.15. The number of halogens is 2. The number of benzene rings is 5. The van der Waals surface area contributed by atoms with Crippen LogP contribution in [-0.2, 0) is 53.3 Å². The number of aliphatic carboxylic acids is 1. The van der Waals surface area contributed by atoms with Gasteiger partial charge in [-0.2, -0.15) is 5.26 Å². The van der Waals surface area contributed by atoms with E-state index in [4.69, 9.17) is 37.9 Å². The summed E-state index contributed by atoms with van der Waals surface area (Å²) in [6.45, 7) is 1.24. The molecule has 0 saturated heterocycles. The van der Waals surface area contributed by atoms with Crippen LogP contribution in [0.3, 0.4) is 0 Å². The van der Waals surface area contributed by atoms with Gasteiger partial charge in [-0.25, -0.2) is 4.79 Å². The Hall–Kier alpha value is -5.96. The van der Waals surface area contributed by atoms with Crippen molar-refractivity contribution in [2.24, 2.45) is 0 Å². The number of nitrogens with zero attached hydrogens (tertiary/aromatic N) is 2. The number of amides is 1. The van der Waals surface area contributed by atoms with Gasteiger partial charge in [0.05, 0.1) is 27.7 Å². The lowest BCUT2D eigenvalue weighted by molar-refractivity contribution is -0.142. The average Bonchev–Trinajstić information content (AvgIpc) is 3.76. The molecule has 2 aliphatic rings. The second-order valence-electron chi connectivity index (χ2n) is 14.7. The second kappa shape index (κ2) is 17.5. The number of hydrogen-bond acceptors (Lipinski definition) is 8. The quantitative estimate of drug-likeness (QED) is 0.125. The first-order valence-corrected chi connectivity index (χ1v) is 20.6. The zero-order valence-electron chi connectivity index (χ0n) is 31.6. The maximum atomic E-state index is 14.1. The van der Waals surface area contributed by atoms with Crippen LogP contribution in [0.2, 0.25) is 10.0 Å². The molecule has 5 aromatic carbocycles. The number of carbonyl (C=O) groups is 3. The van der Waals surface area contributed by atoms with Crippen molar-refractivity contribution in [2.75, 3.05) is 0 Å². The van der Waals surface area contributed by atoms with Gasteiger partial charge in [0.15, 0.2) is 11.9 Å². The van der Waals surface area contributed by atoms with E-state index in [0.717, 1.165) is 43.8 Å². The highest BCUT2D eigenvalue weighted by Gasteiger charge is 2.37. The largest absolute Gasteiger partial charge is 0.489 e. The molecule has 0 saturated carbocycles. The van der Waals surface area contributed by atoms with Crippen LogP contribution in [0.25, 0.3) is 11.1 Å². The molecule has 0 radical (unpaired) electrons. The van der Waals surface area contributed by atoms with Gasteiger partial charge < -0.3 is 19.9 Å². The number of nitriles is 1. The van der Waals surface area contributed by atoms with Crippen LogP contribution >= 0.6 is 34.5 Å². The maximum Gasteiger partial charge on any atom is 0.326 e. The number of nitrogens with one attached hydrogen (secondary N) is 1. The molecule has 9 nitrogen and oxygen atoms in total. The Kier molecular flexibility index (Phi) is 11.8. The number of carboxylic acid groups (broad SMARTS) is 1. The monoisotopic (exact) mass is 841 g/mol. The van der Waals surface area contributed by atoms with Crippen molar-refractivity contribution >= 4 is 52.2 Å². The van der Waals surface area contributed by atoms with Gasteiger partial charge in [0.1, 0.15) is 24.1 Å². The van der Waals surface area contributed by atoms with E-state index in [0.29, 0.717) is 58.8 Å². The Labute approximate surface area is 355 Å². The van der Waals surface area contributed by atoms with Gasteiger partial charge in [-0.05, 0) is 93.7 Å². The van der Waals surface area contributed by atoms with Gasteiger partial charge in [0.25, 0.3) is 0 Å². The number of Topliss-reactive ketones (excluding diaryl/α,β-unsaturated/α-hetero) is 1. The van der Waals surface area contributed by atoms with Crippen LogP contribution in [0, 0.1) is 11.3 Å². The number of fused-ring (bicyclic) bond motifs is 2. The van der Waals surface area contributed by atoms with Crippen molar-refractivity contribution in [3.8, 4) is 28.7 Å². The molecule has 2 aliphatic heterocycles. The van der Waals surface area contributed by atoms with Gasteiger partial charge in [-0.1, -0.05) is 89.9 Å². The van der Waals surface area contributed by atoms with Crippen molar-refractivity contribution in [3.05, 3.63) is 175 Å². The fraction of sp³-hybridized carbons (Fsp3) is 0.191. The molecule has 6 aromatic rings. The van der Waals surface area contributed by atoms with E-state index < -0.39 is 24.2 Å². The highest BCUT2D eigenvalue weighted by molar-refractivity contribution is 7.09. The van der Waals surface area contributed by atoms with Crippen molar-refractivity contribution in [3.63, 3.8) is 0 Å². The molecule has 0 fully saturated rings. The summed E-state index contributed by atoms with van der Waals surface area (Å²) in [7, 11) is 0. The van der Waals surface area contributed by atoms with Gasteiger partial charge in [-0.15, -0.1) is 11.3 Å². The van der Waals surface area contributed by atoms with E-state index in [1.165, 1.54) is 0 Å². The fourth-order valence-corrected chi connectivity index (χ4v) is 8.58. The first-order valence-electron chi connectivity index (χ1n) is 19.0. The summed E-state index contributed by atoms with van der Waals surface area (Å²) in [5, 5.41) is 25.1. The average molecular weight is 843 g/mol. The lowest BCUT2D eigenvalue weighted by Gasteiger charge is -2.37. The van der Waals surface area contributed by atoms with Crippen LogP contribution in [-0.4, -0.2) is 39.7 Å². The molecule has 0 aliphatic carbocycles. The topological polar surface area (TPSA) is 129 Å². The van der Waals surface area contributed by atoms with Gasteiger partial charge >= 0.3 is 5.97 Å². The molecule has 1 unspecified atom stereocenters. The minimum Gasteiger partial charge on any atom is -0.489 e. The SMILES string of the molecule is N#Cc1ccc(-c2ccc(C[C@H](NC(=O)[C@@H]3Cc4cc5c(cc4CN3Cc3cccs3)OC(c3ccc(OCc4ccc(Cl)c(Cl)c4)cc3)C(=O)C5)C(=O)O)cc2)cc1. The molecule has 59 heavy (non-hydrogen) atoms. The van der Waals surface area contributed by atoms with E-state index in [-0.39, 0.29) is 24.5 Å². The first kappa shape index (κ1) is 39.8. The number of thiophene rings is 1. The predicted molar refractivity (Wildman–Crippen MR) is 227 cm³/mol. The molecule has 8 rings (SSSR count). The number of hydrogen-bond donors (Lipinski definition) is 2. The van der Waals surface area contributed by atoms with Gasteiger partial charge in [0.2, 0.25) is 5.91 Å². The zero-order chi connectivity index (χ0) is 41.0. The van der Waals surface area contributed by atoms with Crippen molar-refractivity contribution in [1.29, 1.82) is 5.26 Å². The van der Waals surface area contributed by atoms with E-state index in [1.54, 1.807) is 35.6 Å². The summed E-state index contributed by atoms with van der Waals surface area (Å²) >= 11 is 13.8. The van der Waals surface area contributed by atoms with Crippen LogP contribution in [0.15, 0.2) is 121 Å². The molecule has 0 bridgehead atoms. The second-order valence-corrected chi connectivity index (χ2v) is 16.5. The van der Waals surface area contributed by atoms with E-state index in [1.807, 2.05) is 96.4 Å². The molecule has 3 heterocycles. The summed E-state index contributed by atoms with van der Waals surface area (Å²) in [6, 6.07) is 35.7. The van der Waals surface area contributed by atoms with Crippen LogP contribution in [0.5, 0.6) is 11.5 Å². The summed E-state index contributed by atoms with van der Waals surface area (Å²) in [5.41, 5.74) is 7.46. The third kappa shape index (κ3) is 9.20. The Morgan fingerprint density at radius 3 is 2.31 bits per heavy atom. The van der Waals surface area contributed by atoms with Crippen LogP contribution < -0.4 is 14.8 Å². The predicted octanol–water partition coefficient (Wildman–Crippen LogP) is 9.16. The normalized spacial score (nSPS) is 16.5. The Morgan fingerprint density at radius 1 is 0.898 bits per heavy atom. The Morgan fingerprint density at radius 2 is 1.63 bits per heavy atom. The Bertz CT molecular complexity index is 2560. The van der Waals surface area contributed by atoms with Gasteiger partial charge in [-0.3, -0.25) is 14.5 Å². The number of rotatable bonds is 12. The molecular weight excluding hydrogens is 806 g/mol. The lowest BCUT2D eigenvalue weighted by Crippen LogP contribution is -2.54. The third-order valence-corrected chi connectivity index (χ3v) is 12.3. The maximum absolute atomic E-state index is 14.1. The summed E-state index contributed by atoms with van der Waals surface area (Å²) in [4.78, 5) is 43.3. The number of ketones is 1. The highest BCUT2D eigenvalue weighted by Crippen LogP contribution is 2.38. The third-order valence-electron chi connectivity index (χ3n) is 10.7. The first-order chi connectivity index (χ1) is 28.6. The zero-order valence-corrected chi connectivity index (χ0v) is 33.9. The van der Waals surface area contributed by atoms with Crippen LogP contribution in [0.1, 0.15) is 49.9 Å². The summed E-state index contributed by atoms with van der Waals surface area (Å²) in [5.74, 6) is -0.320. The molecular formula is C47H37Cl2N3O6S. The molecule has 0 spiro atoms.